The van der Waals surface area contributed by atoms with Crippen LogP contribution in [0.5, 0.6) is 0 Å². The third-order valence-corrected chi connectivity index (χ3v) is 2.80. The summed E-state index contributed by atoms with van der Waals surface area (Å²) in [4.78, 5) is 8.21. The first kappa shape index (κ1) is 11.0. The van der Waals surface area contributed by atoms with E-state index in [1.807, 2.05) is 4.68 Å². The fourth-order valence-electron chi connectivity index (χ4n) is 1.25. The minimum Gasteiger partial charge on any atom is -0.360 e. The molecule has 0 unspecified atom stereocenters. The molecule has 7 heteroatoms. The molecule has 0 bridgehead atoms. The molecule has 0 spiro atoms. The summed E-state index contributed by atoms with van der Waals surface area (Å²) in [6.07, 6.45) is 5.15. The lowest BCUT2D eigenvalue weighted by Gasteiger charge is -2.01. The molecule has 0 aromatic carbocycles. The lowest BCUT2D eigenvalue weighted by Crippen LogP contribution is -2.06. The van der Waals surface area contributed by atoms with Gasteiger partial charge in [-0.1, -0.05) is 6.92 Å². The molecular formula is C9H14N6S. The molecule has 0 aliphatic rings. The Labute approximate surface area is 97.9 Å². The van der Waals surface area contributed by atoms with E-state index in [1.54, 1.807) is 12.7 Å². The number of hydrogen-bond acceptors (Lipinski definition) is 6. The van der Waals surface area contributed by atoms with Gasteiger partial charge >= 0.3 is 0 Å². The molecule has 1 N–H and O–H groups in total. The molecule has 0 amide bonds. The fourth-order valence-corrected chi connectivity index (χ4v) is 1.93. The molecule has 0 aliphatic heterocycles. The maximum absolute atomic E-state index is 4.32. The largest absolute Gasteiger partial charge is 0.360 e. The zero-order chi connectivity index (χ0) is 11.2. The highest BCUT2D eigenvalue weighted by atomic mass is 32.1. The first-order chi connectivity index (χ1) is 7.88. The van der Waals surface area contributed by atoms with Gasteiger partial charge in [0.05, 0.1) is 0 Å². The van der Waals surface area contributed by atoms with E-state index >= 15 is 0 Å². The smallest absolute Gasteiger partial charge is 0.202 e. The van der Waals surface area contributed by atoms with Crippen molar-refractivity contribution in [3.63, 3.8) is 0 Å². The molecular weight excluding hydrogens is 224 g/mol. The zero-order valence-electron chi connectivity index (χ0n) is 9.13. The zero-order valence-corrected chi connectivity index (χ0v) is 9.94. The van der Waals surface area contributed by atoms with Crippen molar-refractivity contribution in [2.75, 3.05) is 11.9 Å². The SMILES string of the molecule is CCc1nsc(NCCCn2cncn2)n1. The number of aryl methyl sites for hydroxylation is 2. The van der Waals surface area contributed by atoms with E-state index in [1.165, 1.54) is 11.5 Å². The molecule has 2 heterocycles. The highest BCUT2D eigenvalue weighted by Crippen LogP contribution is 2.10. The number of nitrogens with zero attached hydrogens (tertiary/aromatic N) is 5. The van der Waals surface area contributed by atoms with E-state index in [-0.39, 0.29) is 0 Å². The summed E-state index contributed by atoms with van der Waals surface area (Å²) in [5.41, 5.74) is 0. The fraction of sp³-hybridized carbons (Fsp3) is 0.556. The van der Waals surface area contributed by atoms with Gasteiger partial charge in [0, 0.05) is 31.0 Å². The summed E-state index contributed by atoms with van der Waals surface area (Å²) in [5, 5.41) is 8.17. The molecule has 0 saturated heterocycles. The molecule has 0 saturated carbocycles. The Morgan fingerprint density at radius 1 is 1.50 bits per heavy atom. The van der Waals surface area contributed by atoms with E-state index in [4.69, 9.17) is 0 Å². The summed E-state index contributed by atoms with van der Waals surface area (Å²) < 4.78 is 6.02. The topological polar surface area (TPSA) is 68.5 Å². The van der Waals surface area contributed by atoms with Crippen LogP contribution in [0.4, 0.5) is 5.13 Å². The number of nitrogens with one attached hydrogen (secondary N) is 1. The van der Waals surface area contributed by atoms with Crippen LogP contribution >= 0.6 is 11.5 Å². The molecule has 0 fully saturated rings. The van der Waals surface area contributed by atoms with Crippen molar-refractivity contribution in [2.24, 2.45) is 0 Å². The maximum Gasteiger partial charge on any atom is 0.202 e. The van der Waals surface area contributed by atoms with Gasteiger partial charge < -0.3 is 5.32 Å². The molecule has 2 aromatic heterocycles. The van der Waals surface area contributed by atoms with Crippen molar-refractivity contribution in [2.45, 2.75) is 26.3 Å². The van der Waals surface area contributed by atoms with Gasteiger partial charge in [0.2, 0.25) is 5.13 Å². The van der Waals surface area contributed by atoms with Crippen molar-refractivity contribution in [1.82, 2.24) is 24.1 Å². The summed E-state index contributed by atoms with van der Waals surface area (Å²) >= 11 is 1.42. The van der Waals surface area contributed by atoms with Gasteiger partial charge in [-0.05, 0) is 6.42 Å². The van der Waals surface area contributed by atoms with E-state index in [0.717, 1.165) is 36.9 Å². The number of anilines is 1. The Hall–Kier alpha value is -1.50. The van der Waals surface area contributed by atoms with Crippen molar-refractivity contribution < 1.29 is 0 Å². The molecule has 86 valence electrons. The van der Waals surface area contributed by atoms with Gasteiger partial charge in [0.25, 0.3) is 0 Å². The molecule has 2 rings (SSSR count). The summed E-state index contributed by atoms with van der Waals surface area (Å²) in [5.74, 6) is 0.906. The van der Waals surface area contributed by atoms with Gasteiger partial charge in [-0.25, -0.2) is 9.97 Å². The predicted molar refractivity (Wildman–Crippen MR) is 62.4 cm³/mol. The molecule has 0 atom stereocenters. The van der Waals surface area contributed by atoms with Gasteiger partial charge in [0.15, 0.2) is 0 Å². The van der Waals surface area contributed by atoms with Gasteiger partial charge in [-0.2, -0.15) is 9.47 Å². The third kappa shape index (κ3) is 2.99. The molecule has 16 heavy (non-hydrogen) atoms. The van der Waals surface area contributed by atoms with Crippen LogP contribution in [0.15, 0.2) is 12.7 Å². The first-order valence-corrected chi connectivity index (χ1v) is 6.04. The van der Waals surface area contributed by atoms with Crippen LogP contribution in [-0.4, -0.2) is 30.7 Å². The average molecular weight is 238 g/mol. The Balaban J connectivity index is 1.68. The van der Waals surface area contributed by atoms with Crippen molar-refractivity contribution in [3.05, 3.63) is 18.5 Å². The van der Waals surface area contributed by atoms with Gasteiger partial charge in [-0.3, -0.25) is 4.68 Å². The quantitative estimate of drug-likeness (QED) is 0.766. The standard InChI is InChI=1S/C9H14N6S/c1-2-8-13-9(16-14-8)11-4-3-5-15-7-10-6-12-15/h6-7H,2-5H2,1H3,(H,11,13,14). The lowest BCUT2D eigenvalue weighted by atomic mass is 10.4. The van der Waals surface area contributed by atoms with Crippen molar-refractivity contribution >= 4 is 16.7 Å². The minimum absolute atomic E-state index is 0.867. The first-order valence-electron chi connectivity index (χ1n) is 5.27. The average Bonchev–Trinajstić information content (AvgIpc) is 2.95. The molecule has 0 radical (unpaired) electrons. The Morgan fingerprint density at radius 2 is 2.44 bits per heavy atom. The number of aromatic nitrogens is 5. The normalized spacial score (nSPS) is 10.6. The second kappa shape index (κ2) is 5.55. The Morgan fingerprint density at radius 3 is 3.12 bits per heavy atom. The van der Waals surface area contributed by atoms with Crippen LogP contribution in [0, 0.1) is 0 Å². The second-order valence-corrected chi connectivity index (χ2v) is 4.06. The highest BCUT2D eigenvalue weighted by Gasteiger charge is 2.00. The third-order valence-electron chi connectivity index (χ3n) is 2.09. The van der Waals surface area contributed by atoms with E-state index in [0.29, 0.717) is 0 Å². The number of rotatable bonds is 6. The number of hydrogen-bond donors (Lipinski definition) is 1. The van der Waals surface area contributed by atoms with E-state index in [9.17, 15) is 0 Å². The van der Waals surface area contributed by atoms with Crippen LogP contribution in [-0.2, 0) is 13.0 Å². The monoisotopic (exact) mass is 238 g/mol. The van der Waals surface area contributed by atoms with E-state index < -0.39 is 0 Å². The Kier molecular flexibility index (Phi) is 3.81. The highest BCUT2D eigenvalue weighted by molar-refractivity contribution is 7.09. The molecule has 6 nitrogen and oxygen atoms in total. The van der Waals surface area contributed by atoms with Crippen LogP contribution in [0.3, 0.4) is 0 Å². The maximum atomic E-state index is 4.32. The van der Waals surface area contributed by atoms with Crippen molar-refractivity contribution in [1.29, 1.82) is 0 Å². The van der Waals surface area contributed by atoms with Crippen molar-refractivity contribution in [3.8, 4) is 0 Å². The summed E-state index contributed by atoms with van der Waals surface area (Å²) in [6, 6.07) is 0. The van der Waals surface area contributed by atoms with Gasteiger partial charge in [-0.15, -0.1) is 0 Å². The Bertz CT molecular complexity index is 409. The van der Waals surface area contributed by atoms with Crippen LogP contribution in [0.25, 0.3) is 0 Å². The van der Waals surface area contributed by atoms with Crippen LogP contribution in [0.2, 0.25) is 0 Å². The predicted octanol–water partition coefficient (Wildman–Crippen LogP) is 1.19. The summed E-state index contributed by atoms with van der Waals surface area (Å²) in [6.45, 7) is 3.79. The van der Waals surface area contributed by atoms with Crippen LogP contribution in [0.1, 0.15) is 19.2 Å². The van der Waals surface area contributed by atoms with Crippen LogP contribution < -0.4 is 5.32 Å². The van der Waals surface area contributed by atoms with E-state index in [2.05, 4.69) is 31.7 Å². The molecule has 2 aromatic rings. The lowest BCUT2D eigenvalue weighted by molar-refractivity contribution is 0.590. The second-order valence-electron chi connectivity index (χ2n) is 3.31. The molecule has 0 aliphatic carbocycles. The minimum atomic E-state index is 0.867. The summed E-state index contributed by atoms with van der Waals surface area (Å²) in [7, 11) is 0. The van der Waals surface area contributed by atoms with Gasteiger partial charge in [0.1, 0.15) is 18.5 Å².